The van der Waals surface area contributed by atoms with E-state index in [1.54, 1.807) is 24.3 Å². The average molecular weight is 545 g/mol. The fourth-order valence-corrected chi connectivity index (χ4v) is 6.11. The normalized spacial score (nSPS) is 16.4. The maximum Gasteiger partial charge on any atom is 0.178 e. The van der Waals surface area contributed by atoms with E-state index in [0.29, 0.717) is 54.4 Å². The number of hydrogen-bond acceptors (Lipinski definition) is 6. The molecule has 9 heteroatoms. The summed E-state index contributed by atoms with van der Waals surface area (Å²) in [7, 11) is -1.40. The molecule has 2 aromatic carbocycles. The summed E-state index contributed by atoms with van der Waals surface area (Å²) in [6.07, 6.45) is 1.42. The van der Waals surface area contributed by atoms with Gasteiger partial charge in [0.1, 0.15) is 0 Å². The van der Waals surface area contributed by atoms with Crippen LogP contribution in [0.15, 0.2) is 41.3 Å². The van der Waals surface area contributed by atoms with Crippen LogP contribution in [-0.2, 0) is 30.6 Å². The Balaban J connectivity index is 1.54. The van der Waals surface area contributed by atoms with Crippen molar-refractivity contribution < 1.29 is 22.6 Å². The number of sulfone groups is 1. The Hall–Kier alpha value is -1.19. The van der Waals surface area contributed by atoms with Crippen molar-refractivity contribution in [1.29, 1.82) is 0 Å². The zero-order valence-corrected chi connectivity index (χ0v) is 22.8. The van der Waals surface area contributed by atoms with Crippen molar-refractivity contribution >= 4 is 33.0 Å². The predicted molar refractivity (Wildman–Crippen MR) is 140 cm³/mol. The molecule has 35 heavy (non-hydrogen) atoms. The summed E-state index contributed by atoms with van der Waals surface area (Å²) in [5.41, 5.74) is 3.04. The zero-order valence-electron chi connectivity index (χ0n) is 20.5. The largest absolute Gasteiger partial charge is 0.379 e. The Labute approximate surface area is 219 Å². The Bertz CT molecular complexity index is 1060. The van der Waals surface area contributed by atoms with Crippen LogP contribution in [0.2, 0.25) is 10.0 Å². The van der Waals surface area contributed by atoms with Gasteiger partial charge in [-0.05, 0) is 60.8 Å². The summed E-state index contributed by atoms with van der Waals surface area (Å²) >= 11 is 12.8. The first kappa shape index (κ1) is 28.4. The summed E-state index contributed by atoms with van der Waals surface area (Å²) in [4.78, 5) is 2.51. The number of ether oxygens (including phenoxy) is 3. The van der Waals surface area contributed by atoms with Crippen molar-refractivity contribution in [3.05, 3.63) is 63.1 Å². The van der Waals surface area contributed by atoms with Crippen LogP contribution in [0.4, 0.5) is 0 Å². The van der Waals surface area contributed by atoms with Gasteiger partial charge in [0.15, 0.2) is 9.84 Å². The van der Waals surface area contributed by atoms with Gasteiger partial charge in [-0.25, -0.2) is 8.42 Å². The highest BCUT2D eigenvalue weighted by molar-refractivity contribution is 7.91. The number of likely N-dealkylation sites (N-methyl/N-ethyl adjacent to an activating group) is 1. The smallest absolute Gasteiger partial charge is 0.178 e. The molecule has 0 saturated heterocycles. The maximum atomic E-state index is 13.0. The maximum absolute atomic E-state index is 13.0. The molecule has 0 aromatic heterocycles. The molecule has 0 fully saturated rings. The van der Waals surface area contributed by atoms with Crippen LogP contribution in [0.5, 0.6) is 0 Å². The first-order valence-electron chi connectivity index (χ1n) is 12.0. The third-order valence-electron chi connectivity index (χ3n) is 5.91. The fourth-order valence-electron chi connectivity index (χ4n) is 4.21. The minimum absolute atomic E-state index is 0.00851. The number of fused-ring (bicyclic) bond motifs is 1. The van der Waals surface area contributed by atoms with Crippen LogP contribution < -0.4 is 0 Å². The van der Waals surface area contributed by atoms with Crippen molar-refractivity contribution in [3.8, 4) is 0 Å². The van der Waals surface area contributed by atoms with Crippen molar-refractivity contribution in [3.63, 3.8) is 0 Å². The molecular weight excluding hydrogens is 509 g/mol. The number of benzene rings is 2. The van der Waals surface area contributed by atoms with Gasteiger partial charge in [0, 0.05) is 42.3 Å². The van der Waals surface area contributed by atoms with Crippen LogP contribution in [0, 0.1) is 0 Å². The van der Waals surface area contributed by atoms with E-state index in [9.17, 15) is 8.42 Å². The molecule has 0 N–H and O–H groups in total. The van der Waals surface area contributed by atoms with Gasteiger partial charge in [-0.15, -0.1) is 0 Å². The van der Waals surface area contributed by atoms with E-state index < -0.39 is 9.84 Å². The molecule has 0 saturated carbocycles. The highest BCUT2D eigenvalue weighted by atomic mass is 35.5. The van der Waals surface area contributed by atoms with E-state index in [0.717, 1.165) is 42.8 Å². The minimum Gasteiger partial charge on any atom is -0.379 e. The van der Waals surface area contributed by atoms with Crippen molar-refractivity contribution in [1.82, 2.24) is 4.90 Å². The van der Waals surface area contributed by atoms with Gasteiger partial charge in [-0.3, -0.25) is 0 Å². The highest BCUT2D eigenvalue weighted by Crippen LogP contribution is 2.38. The third-order valence-corrected chi connectivity index (χ3v) is 8.26. The monoisotopic (exact) mass is 543 g/mol. The number of halogens is 2. The van der Waals surface area contributed by atoms with Gasteiger partial charge in [-0.1, -0.05) is 42.3 Å². The molecule has 194 valence electrons. The van der Waals surface area contributed by atoms with E-state index in [-0.39, 0.29) is 11.7 Å². The molecule has 1 unspecified atom stereocenters. The lowest BCUT2D eigenvalue weighted by Crippen LogP contribution is -2.31. The molecule has 6 nitrogen and oxygen atoms in total. The topological polar surface area (TPSA) is 65.1 Å². The molecule has 0 amide bonds. The van der Waals surface area contributed by atoms with Gasteiger partial charge >= 0.3 is 0 Å². The van der Waals surface area contributed by atoms with Gasteiger partial charge in [0.05, 0.1) is 37.1 Å². The Kier molecular flexibility index (Phi) is 11.3. The van der Waals surface area contributed by atoms with Crippen LogP contribution in [0.3, 0.4) is 0 Å². The van der Waals surface area contributed by atoms with Gasteiger partial charge < -0.3 is 19.1 Å². The van der Waals surface area contributed by atoms with Gasteiger partial charge in [-0.2, -0.15) is 0 Å². The molecule has 2 aromatic rings. The molecule has 3 rings (SSSR count). The number of hydrogen-bond donors (Lipinski definition) is 0. The molecular formula is C26H35Cl2NO5S. The lowest BCUT2D eigenvalue weighted by molar-refractivity contribution is 0.0149. The first-order valence-corrected chi connectivity index (χ1v) is 14.4. The van der Waals surface area contributed by atoms with E-state index in [1.807, 2.05) is 19.2 Å². The Morgan fingerprint density at radius 1 is 0.971 bits per heavy atom. The van der Waals surface area contributed by atoms with Crippen LogP contribution >= 0.6 is 23.2 Å². The van der Waals surface area contributed by atoms with E-state index in [4.69, 9.17) is 37.4 Å². The molecule has 1 heterocycles. The lowest BCUT2D eigenvalue weighted by atomic mass is 9.85. The third kappa shape index (κ3) is 8.42. The summed E-state index contributed by atoms with van der Waals surface area (Å²) < 4.78 is 42.3. The standard InChI is InChI=1S/C26H35Cl2NO5S/c1-3-8-32-10-12-34-13-11-33-9-5-14-35(30,31)22-7-4-6-20(15-22)24-18-29(2)19-25-23(24)16-21(27)17-26(25)28/h4,6-7,15-17,24H,3,5,8-14,18-19H2,1-2H3. The molecule has 0 aliphatic carbocycles. The Morgan fingerprint density at radius 3 is 2.37 bits per heavy atom. The minimum atomic E-state index is -3.43. The molecule has 1 atom stereocenters. The molecule has 1 aliphatic rings. The van der Waals surface area contributed by atoms with Crippen LogP contribution in [0.1, 0.15) is 42.4 Å². The summed E-state index contributed by atoms with van der Waals surface area (Å²) in [6, 6.07) is 10.9. The molecule has 0 radical (unpaired) electrons. The van der Waals surface area contributed by atoms with E-state index in [2.05, 4.69) is 11.8 Å². The second-order valence-electron chi connectivity index (χ2n) is 8.79. The highest BCUT2D eigenvalue weighted by Gasteiger charge is 2.28. The van der Waals surface area contributed by atoms with Gasteiger partial charge in [0.2, 0.25) is 0 Å². The quantitative estimate of drug-likeness (QED) is 0.305. The summed E-state index contributed by atoms with van der Waals surface area (Å²) in [6.45, 7) is 6.68. The summed E-state index contributed by atoms with van der Waals surface area (Å²) in [5, 5.41) is 1.23. The van der Waals surface area contributed by atoms with Crippen LogP contribution in [-0.4, -0.2) is 72.3 Å². The van der Waals surface area contributed by atoms with Gasteiger partial charge in [0.25, 0.3) is 0 Å². The number of rotatable bonds is 14. The molecule has 0 bridgehead atoms. The van der Waals surface area contributed by atoms with E-state index >= 15 is 0 Å². The second-order valence-corrected chi connectivity index (χ2v) is 11.7. The predicted octanol–water partition coefficient (Wildman–Crippen LogP) is 5.19. The fraction of sp³-hybridized carbons (Fsp3) is 0.538. The summed E-state index contributed by atoms with van der Waals surface area (Å²) in [5.74, 6) is 0.0202. The average Bonchev–Trinajstić information content (AvgIpc) is 2.82. The first-order chi connectivity index (χ1) is 16.8. The lowest BCUT2D eigenvalue weighted by Gasteiger charge is -2.33. The molecule has 0 spiro atoms. The van der Waals surface area contributed by atoms with Crippen molar-refractivity contribution in [2.75, 3.05) is 59.0 Å². The number of nitrogens with zero attached hydrogens (tertiary/aromatic N) is 1. The SMILES string of the molecule is CCCOCCOCCOCCCS(=O)(=O)c1cccc(C2CN(C)Cc3c(Cl)cc(Cl)cc32)c1. The van der Waals surface area contributed by atoms with Crippen LogP contribution in [0.25, 0.3) is 0 Å². The van der Waals surface area contributed by atoms with E-state index in [1.165, 1.54) is 0 Å². The second kappa shape index (κ2) is 13.9. The van der Waals surface area contributed by atoms with Crippen molar-refractivity contribution in [2.45, 2.75) is 37.1 Å². The zero-order chi connectivity index (χ0) is 25.3. The van der Waals surface area contributed by atoms with Crippen molar-refractivity contribution in [2.24, 2.45) is 0 Å². The molecule has 1 aliphatic heterocycles. The Morgan fingerprint density at radius 2 is 1.66 bits per heavy atom.